The molecule has 2 aliphatic rings. The maximum Gasteiger partial charge on any atom is 0.164 e. The number of fused-ring (bicyclic) bond motifs is 1. The van der Waals surface area contributed by atoms with E-state index in [2.05, 4.69) is 0 Å². The van der Waals surface area contributed by atoms with Crippen molar-refractivity contribution in [3.63, 3.8) is 0 Å². The van der Waals surface area contributed by atoms with Crippen LogP contribution < -0.4 is 15.2 Å². The van der Waals surface area contributed by atoms with E-state index in [0.29, 0.717) is 25.5 Å². The van der Waals surface area contributed by atoms with Crippen molar-refractivity contribution in [2.24, 2.45) is 5.73 Å². The first-order valence-corrected chi connectivity index (χ1v) is 6.58. The molecule has 1 aliphatic carbocycles. The van der Waals surface area contributed by atoms with Crippen molar-refractivity contribution < 1.29 is 14.6 Å². The highest BCUT2D eigenvalue weighted by molar-refractivity contribution is 5.53. The van der Waals surface area contributed by atoms with Gasteiger partial charge in [-0.15, -0.1) is 0 Å². The van der Waals surface area contributed by atoms with Crippen LogP contribution in [0.4, 0.5) is 0 Å². The summed E-state index contributed by atoms with van der Waals surface area (Å²) >= 11 is 0. The SMILES string of the molecule is NCC1(c2cc3c(cc2O)OCCCO3)CCC1. The first-order chi connectivity index (χ1) is 8.75. The standard InChI is InChI=1S/C14H19NO3/c15-9-14(3-1-4-14)10-7-12-13(8-11(10)16)18-6-2-5-17-12/h7-8,16H,1-6,9,15H2. The van der Waals surface area contributed by atoms with Gasteiger partial charge in [-0.25, -0.2) is 0 Å². The van der Waals surface area contributed by atoms with E-state index in [-0.39, 0.29) is 11.2 Å². The highest BCUT2D eigenvalue weighted by Crippen LogP contribution is 2.49. The molecule has 1 heterocycles. The molecule has 0 aromatic heterocycles. The predicted octanol–water partition coefficient (Wildman–Crippen LogP) is 1.93. The second kappa shape index (κ2) is 4.35. The Balaban J connectivity index is 2.03. The second-order valence-corrected chi connectivity index (χ2v) is 5.20. The summed E-state index contributed by atoms with van der Waals surface area (Å²) in [6, 6.07) is 3.59. The minimum atomic E-state index is -0.0607. The van der Waals surface area contributed by atoms with Crippen molar-refractivity contribution in [3.8, 4) is 17.2 Å². The van der Waals surface area contributed by atoms with Crippen molar-refractivity contribution in [1.29, 1.82) is 0 Å². The van der Waals surface area contributed by atoms with Crippen LogP contribution in [0.5, 0.6) is 17.2 Å². The molecule has 0 bridgehead atoms. The van der Waals surface area contributed by atoms with Gasteiger partial charge in [0.15, 0.2) is 11.5 Å². The highest BCUT2D eigenvalue weighted by atomic mass is 16.5. The summed E-state index contributed by atoms with van der Waals surface area (Å²) in [5.41, 5.74) is 6.75. The van der Waals surface area contributed by atoms with E-state index in [9.17, 15) is 5.11 Å². The lowest BCUT2D eigenvalue weighted by Crippen LogP contribution is -2.41. The average Bonchev–Trinajstić information content (AvgIpc) is 2.53. The fourth-order valence-electron chi connectivity index (χ4n) is 2.81. The summed E-state index contributed by atoms with van der Waals surface area (Å²) in [7, 11) is 0. The minimum absolute atomic E-state index is 0.0607. The zero-order chi connectivity index (χ0) is 12.6. The average molecular weight is 249 g/mol. The van der Waals surface area contributed by atoms with Crippen molar-refractivity contribution in [2.45, 2.75) is 31.1 Å². The molecule has 0 spiro atoms. The number of phenols is 1. The molecule has 0 radical (unpaired) electrons. The molecule has 98 valence electrons. The minimum Gasteiger partial charge on any atom is -0.508 e. The number of aromatic hydroxyl groups is 1. The van der Waals surface area contributed by atoms with Crippen molar-refractivity contribution >= 4 is 0 Å². The molecular formula is C14H19NO3. The van der Waals surface area contributed by atoms with Crippen molar-refractivity contribution in [3.05, 3.63) is 17.7 Å². The van der Waals surface area contributed by atoms with E-state index in [0.717, 1.165) is 30.6 Å². The molecule has 0 saturated heterocycles. The van der Waals surface area contributed by atoms with Gasteiger partial charge in [0.25, 0.3) is 0 Å². The summed E-state index contributed by atoms with van der Waals surface area (Å²) in [6.07, 6.45) is 4.12. The molecule has 18 heavy (non-hydrogen) atoms. The van der Waals surface area contributed by atoms with Crippen molar-refractivity contribution in [2.75, 3.05) is 19.8 Å². The predicted molar refractivity (Wildman–Crippen MR) is 68.3 cm³/mol. The molecule has 4 heteroatoms. The lowest BCUT2D eigenvalue weighted by molar-refractivity contribution is 0.243. The van der Waals surface area contributed by atoms with Crippen LogP contribution in [0, 0.1) is 0 Å². The molecule has 4 nitrogen and oxygen atoms in total. The first kappa shape index (κ1) is 11.7. The molecule has 1 aromatic rings. The van der Waals surface area contributed by atoms with E-state index in [1.807, 2.05) is 6.07 Å². The van der Waals surface area contributed by atoms with Crippen LogP contribution in [-0.2, 0) is 5.41 Å². The van der Waals surface area contributed by atoms with Crippen molar-refractivity contribution in [1.82, 2.24) is 0 Å². The molecule has 1 fully saturated rings. The largest absolute Gasteiger partial charge is 0.508 e. The fraction of sp³-hybridized carbons (Fsp3) is 0.571. The van der Waals surface area contributed by atoms with Crippen LogP contribution in [0.1, 0.15) is 31.2 Å². The molecule has 0 atom stereocenters. The summed E-state index contributed by atoms with van der Waals surface area (Å²) in [5, 5.41) is 10.2. The molecule has 3 N–H and O–H groups in total. The normalized spacial score (nSPS) is 20.9. The van der Waals surface area contributed by atoms with E-state index >= 15 is 0 Å². The van der Waals surface area contributed by atoms with Gasteiger partial charge in [0, 0.05) is 30.0 Å². The van der Waals surface area contributed by atoms with Gasteiger partial charge in [0.2, 0.25) is 0 Å². The summed E-state index contributed by atoms with van der Waals surface area (Å²) in [5.74, 6) is 1.66. The summed E-state index contributed by atoms with van der Waals surface area (Å²) in [6.45, 7) is 1.86. The van der Waals surface area contributed by atoms with Crippen LogP contribution in [0.2, 0.25) is 0 Å². The van der Waals surface area contributed by atoms with Crippen LogP contribution in [0.25, 0.3) is 0 Å². The summed E-state index contributed by atoms with van der Waals surface area (Å²) in [4.78, 5) is 0. The Labute approximate surface area is 107 Å². The van der Waals surface area contributed by atoms with Gasteiger partial charge in [0.05, 0.1) is 13.2 Å². The van der Waals surface area contributed by atoms with Gasteiger partial charge in [-0.2, -0.15) is 0 Å². The van der Waals surface area contributed by atoms with Gasteiger partial charge in [0.1, 0.15) is 5.75 Å². The molecule has 0 amide bonds. The molecule has 1 saturated carbocycles. The zero-order valence-corrected chi connectivity index (χ0v) is 10.4. The Morgan fingerprint density at radius 2 is 1.78 bits per heavy atom. The van der Waals surface area contributed by atoms with Crippen LogP contribution in [0.15, 0.2) is 12.1 Å². The number of ether oxygens (including phenoxy) is 2. The topological polar surface area (TPSA) is 64.7 Å². The smallest absolute Gasteiger partial charge is 0.164 e. The number of hydrogen-bond donors (Lipinski definition) is 2. The van der Waals surface area contributed by atoms with Gasteiger partial charge >= 0.3 is 0 Å². The maximum absolute atomic E-state index is 10.2. The molecule has 1 aliphatic heterocycles. The van der Waals surface area contributed by atoms with Crippen LogP contribution >= 0.6 is 0 Å². The number of benzene rings is 1. The van der Waals surface area contributed by atoms with Gasteiger partial charge in [-0.05, 0) is 18.9 Å². The molecule has 3 rings (SSSR count). The molecule has 1 aromatic carbocycles. The third-order valence-corrected chi connectivity index (χ3v) is 4.14. The van der Waals surface area contributed by atoms with E-state index in [1.165, 1.54) is 6.42 Å². The number of nitrogens with two attached hydrogens (primary N) is 1. The zero-order valence-electron chi connectivity index (χ0n) is 10.4. The van der Waals surface area contributed by atoms with E-state index in [4.69, 9.17) is 15.2 Å². The number of phenolic OH excluding ortho intramolecular Hbond substituents is 1. The molecular weight excluding hydrogens is 230 g/mol. The first-order valence-electron chi connectivity index (χ1n) is 6.58. The van der Waals surface area contributed by atoms with E-state index in [1.54, 1.807) is 6.07 Å². The lowest BCUT2D eigenvalue weighted by atomic mass is 9.64. The Hall–Kier alpha value is -1.42. The number of hydrogen-bond acceptors (Lipinski definition) is 4. The maximum atomic E-state index is 10.2. The Bertz CT molecular complexity index is 449. The number of rotatable bonds is 2. The van der Waals surface area contributed by atoms with Crippen LogP contribution in [-0.4, -0.2) is 24.9 Å². The third-order valence-electron chi connectivity index (χ3n) is 4.14. The monoisotopic (exact) mass is 249 g/mol. The van der Waals surface area contributed by atoms with E-state index < -0.39 is 0 Å². The Kier molecular flexibility index (Phi) is 2.82. The third kappa shape index (κ3) is 1.72. The summed E-state index contributed by atoms with van der Waals surface area (Å²) < 4.78 is 11.2. The fourth-order valence-corrected chi connectivity index (χ4v) is 2.81. The quantitative estimate of drug-likeness (QED) is 0.840. The molecule has 0 unspecified atom stereocenters. The lowest BCUT2D eigenvalue weighted by Gasteiger charge is -2.41. The van der Waals surface area contributed by atoms with Gasteiger partial charge in [-0.1, -0.05) is 6.42 Å². The Morgan fingerprint density at radius 3 is 2.33 bits per heavy atom. The Morgan fingerprint density at radius 1 is 1.11 bits per heavy atom. The second-order valence-electron chi connectivity index (χ2n) is 5.20. The van der Waals surface area contributed by atoms with Crippen LogP contribution in [0.3, 0.4) is 0 Å². The van der Waals surface area contributed by atoms with Gasteiger partial charge < -0.3 is 20.3 Å². The highest BCUT2D eigenvalue weighted by Gasteiger charge is 2.40. The van der Waals surface area contributed by atoms with Gasteiger partial charge in [-0.3, -0.25) is 0 Å².